The van der Waals surface area contributed by atoms with E-state index in [-0.39, 0.29) is 24.0 Å². The van der Waals surface area contributed by atoms with Gasteiger partial charge in [0.2, 0.25) is 5.88 Å². The predicted octanol–water partition coefficient (Wildman–Crippen LogP) is 2.90. The predicted molar refractivity (Wildman–Crippen MR) is 129 cm³/mol. The molecule has 1 saturated heterocycles. The molecule has 0 saturated carbocycles. The molecule has 1 aliphatic heterocycles. The molecule has 0 spiro atoms. The largest absolute Gasteiger partial charge is 0.478 e. The molecule has 29 heavy (non-hydrogen) atoms. The second-order valence-corrected chi connectivity index (χ2v) is 7.41. The number of pyridine rings is 1. The van der Waals surface area contributed by atoms with Gasteiger partial charge in [-0.1, -0.05) is 19.9 Å². The Balaban J connectivity index is 0.00000420. The van der Waals surface area contributed by atoms with E-state index in [9.17, 15) is 0 Å². The summed E-state index contributed by atoms with van der Waals surface area (Å²) in [7, 11) is 0. The van der Waals surface area contributed by atoms with Crippen LogP contribution in [-0.2, 0) is 11.3 Å². The van der Waals surface area contributed by atoms with Gasteiger partial charge in [-0.15, -0.1) is 24.0 Å². The van der Waals surface area contributed by atoms with Crippen molar-refractivity contribution in [3.05, 3.63) is 23.9 Å². The average molecular weight is 519 g/mol. The minimum atomic E-state index is 0. The first-order valence-electron chi connectivity index (χ1n) is 10.5. The Morgan fingerprint density at radius 1 is 1.28 bits per heavy atom. The molecule has 0 bridgehead atoms. The maximum absolute atomic E-state index is 5.61. The van der Waals surface area contributed by atoms with Crippen LogP contribution in [0.1, 0.15) is 39.7 Å². The van der Waals surface area contributed by atoms with Crippen molar-refractivity contribution >= 4 is 29.9 Å². The van der Waals surface area contributed by atoms with Crippen LogP contribution in [0.2, 0.25) is 0 Å². The molecule has 1 aliphatic rings. The number of aliphatic imine (C=N–C) groups is 1. The molecule has 1 atom stereocenters. The molecule has 8 heteroatoms. The van der Waals surface area contributed by atoms with Gasteiger partial charge < -0.3 is 20.1 Å². The van der Waals surface area contributed by atoms with Crippen LogP contribution in [0.15, 0.2) is 23.3 Å². The fourth-order valence-corrected chi connectivity index (χ4v) is 3.38. The van der Waals surface area contributed by atoms with Crippen LogP contribution in [0.4, 0.5) is 0 Å². The third-order valence-corrected chi connectivity index (χ3v) is 4.69. The third-order valence-electron chi connectivity index (χ3n) is 4.69. The highest BCUT2D eigenvalue weighted by Gasteiger charge is 2.22. The second-order valence-electron chi connectivity index (χ2n) is 7.41. The zero-order chi connectivity index (χ0) is 20.2. The molecule has 0 aromatic carbocycles. The van der Waals surface area contributed by atoms with Crippen molar-refractivity contribution in [2.24, 2.45) is 10.9 Å². The summed E-state index contributed by atoms with van der Waals surface area (Å²) in [5.41, 5.74) is 0.994. The summed E-state index contributed by atoms with van der Waals surface area (Å²) < 4.78 is 11.1. The van der Waals surface area contributed by atoms with Gasteiger partial charge in [0.1, 0.15) is 0 Å². The number of nitrogens with one attached hydrogen (secondary N) is 2. The summed E-state index contributed by atoms with van der Waals surface area (Å²) >= 11 is 0. The first-order chi connectivity index (χ1) is 13.6. The van der Waals surface area contributed by atoms with Gasteiger partial charge in [0, 0.05) is 44.0 Å². The lowest BCUT2D eigenvalue weighted by molar-refractivity contribution is 0.0132. The molecule has 0 amide bonds. The molecule has 0 aliphatic carbocycles. The second kappa shape index (κ2) is 14.8. The summed E-state index contributed by atoms with van der Waals surface area (Å²) in [5, 5.41) is 6.89. The van der Waals surface area contributed by atoms with Gasteiger partial charge in [-0.3, -0.25) is 4.90 Å². The minimum absolute atomic E-state index is 0. The van der Waals surface area contributed by atoms with Crippen LogP contribution in [0, 0.1) is 5.92 Å². The Hall–Kier alpha value is -1.13. The Morgan fingerprint density at radius 2 is 2.03 bits per heavy atom. The number of hydrogen-bond acceptors (Lipinski definition) is 5. The lowest BCUT2D eigenvalue weighted by Gasteiger charge is -2.35. The smallest absolute Gasteiger partial charge is 0.218 e. The molecule has 2 N–H and O–H groups in total. The number of aromatic nitrogens is 1. The first-order valence-corrected chi connectivity index (χ1v) is 10.5. The maximum Gasteiger partial charge on any atom is 0.218 e. The van der Waals surface area contributed by atoms with E-state index in [1.165, 1.54) is 0 Å². The van der Waals surface area contributed by atoms with Gasteiger partial charge in [0.15, 0.2) is 5.96 Å². The van der Waals surface area contributed by atoms with Crippen molar-refractivity contribution in [3.8, 4) is 5.88 Å². The van der Waals surface area contributed by atoms with Gasteiger partial charge in [-0.2, -0.15) is 0 Å². The van der Waals surface area contributed by atoms with Crippen molar-refractivity contribution in [1.29, 1.82) is 0 Å². The van der Waals surface area contributed by atoms with E-state index >= 15 is 0 Å². The highest BCUT2D eigenvalue weighted by Crippen LogP contribution is 2.15. The Kier molecular flexibility index (Phi) is 13.2. The number of rotatable bonds is 10. The summed E-state index contributed by atoms with van der Waals surface area (Å²) in [6.45, 7) is 15.1. The van der Waals surface area contributed by atoms with Crippen LogP contribution in [0.5, 0.6) is 5.88 Å². The van der Waals surface area contributed by atoms with E-state index in [1.54, 1.807) is 6.20 Å². The standard InChI is InChI=1S/C21H37N5O2.HI/c1-5-22-21(24-15-18-8-7-9-23-20(18)28-6-2)25-16-19(14-17(3)4)26-10-12-27-13-11-26;/h7-9,17,19H,5-6,10-16H2,1-4H3,(H2,22,24,25);1H. The molecule has 1 aromatic rings. The third kappa shape index (κ3) is 9.48. The van der Waals surface area contributed by atoms with Crippen LogP contribution < -0.4 is 15.4 Å². The molecule has 1 aromatic heterocycles. The van der Waals surface area contributed by atoms with Crippen LogP contribution >= 0.6 is 24.0 Å². The average Bonchev–Trinajstić information content (AvgIpc) is 2.70. The monoisotopic (exact) mass is 519 g/mol. The fraction of sp³-hybridized carbons (Fsp3) is 0.714. The number of ether oxygens (including phenoxy) is 2. The van der Waals surface area contributed by atoms with Crippen LogP contribution in [0.3, 0.4) is 0 Å². The van der Waals surface area contributed by atoms with Crippen LogP contribution in [0.25, 0.3) is 0 Å². The molecule has 1 unspecified atom stereocenters. The van der Waals surface area contributed by atoms with Crippen molar-refractivity contribution in [3.63, 3.8) is 0 Å². The molecule has 2 heterocycles. The van der Waals surface area contributed by atoms with E-state index in [0.29, 0.717) is 31.0 Å². The van der Waals surface area contributed by atoms with E-state index in [2.05, 4.69) is 41.3 Å². The van der Waals surface area contributed by atoms with E-state index in [4.69, 9.17) is 14.5 Å². The molecule has 2 rings (SSSR count). The van der Waals surface area contributed by atoms with Gasteiger partial charge in [-0.25, -0.2) is 9.98 Å². The van der Waals surface area contributed by atoms with Gasteiger partial charge >= 0.3 is 0 Å². The number of halogens is 1. The highest BCUT2D eigenvalue weighted by molar-refractivity contribution is 14.0. The van der Waals surface area contributed by atoms with Gasteiger partial charge in [0.05, 0.1) is 26.4 Å². The molecular formula is C21H38IN5O2. The Morgan fingerprint density at radius 3 is 2.69 bits per heavy atom. The van der Waals surface area contributed by atoms with Crippen molar-refractivity contribution in [2.75, 3.05) is 46.0 Å². The van der Waals surface area contributed by atoms with E-state index in [1.807, 2.05) is 19.1 Å². The summed E-state index contributed by atoms with van der Waals surface area (Å²) in [6, 6.07) is 4.41. The van der Waals surface area contributed by atoms with Crippen molar-refractivity contribution in [1.82, 2.24) is 20.5 Å². The molecule has 166 valence electrons. The minimum Gasteiger partial charge on any atom is -0.478 e. The Bertz CT molecular complexity index is 594. The molecule has 1 fully saturated rings. The van der Waals surface area contributed by atoms with E-state index < -0.39 is 0 Å². The van der Waals surface area contributed by atoms with Gasteiger partial charge in [-0.05, 0) is 32.3 Å². The molecule has 7 nitrogen and oxygen atoms in total. The van der Waals surface area contributed by atoms with E-state index in [0.717, 1.165) is 57.3 Å². The zero-order valence-electron chi connectivity index (χ0n) is 18.3. The lowest BCUT2D eigenvalue weighted by Crippen LogP contribution is -2.51. The molecular weight excluding hydrogens is 481 g/mol. The fourth-order valence-electron chi connectivity index (χ4n) is 3.38. The number of guanidine groups is 1. The summed E-state index contributed by atoms with van der Waals surface area (Å²) in [5.74, 6) is 2.14. The summed E-state index contributed by atoms with van der Waals surface area (Å²) in [4.78, 5) is 11.6. The summed E-state index contributed by atoms with van der Waals surface area (Å²) in [6.07, 6.45) is 2.91. The zero-order valence-corrected chi connectivity index (χ0v) is 20.6. The van der Waals surface area contributed by atoms with Crippen molar-refractivity contribution in [2.45, 2.75) is 46.7 Å². The molecule has 0 radical (unpaired) electrons. The van der Waals surface area contributed by atoms with Crippen LogP contribution in [-0.4, -0.2) is 67.9 Å². The Labute approximate surface area is 193 Å². The van der Waals surface area contributed by atoms with Crippen molar-refractivity contribution < 1.29 is 9.47 Å². The topological polar surface area (TPSA) is 71.0 Å². The highest BCUT2D eigenvalue weighted by atomic mass is 127. The number of hydrogen-bond donors (Lipinski definition) is 2. The first kappa shape index (κ1) is 25.9. The normalized spacial score (nSPS) is 16.2. The lowest BCUT2D eigenvalue weighted by atomic mass is 10.0. The number of morpholine rings is 1. The van der Waals surface area contributed by atoms with Gasteiger partial charge in [0.25, 0.3) is 0 Å². The quantitative estimate of drug-likeness (QED) is 0.282. The SMILES string of the molecule is CCNC(=NCc1cccnc1OCC)NCC(CC(C)C)N1CCOCC1.I. The maximum atomic E-state index is 5.61. The number of nitrogens with zero attached hydrogens (tertiary/aromatic N) is 3.